The Morgan fingerprint density at radius 3 is 2.81 bits per heavy atom. The molecule has 0 unspecified atom stereocenters. The van der Waals surface area contributed by atoms with Crippen LogP contribution in [0.15, 0.2) is 12.1 Å². The fourth-order valence-electron chi connectivity index (χ4n) is 2.14. The molecule has 0 fully saturated rings. The minimum absolute atomic E-state index is 0.0636. The number of hydrogen-bond donors (Lipinski definition) is 1. The number of likely N-dealkylation sites (N-methyl/N-ethyl adjacent to an activating group) is 1. The highest BCUT2D eigenvalue weighted by atomic mass is 16.7. The van der Waals surface area contributed by atoms with E-state index in [2.05, 4.69) is 0 Å². The van der Waals surface area contributed by atoms with E-state index in [0.29, 0.717) is 12.2 Å². The predicted molar refractivity (Wildman–Crippen MR) is 57.7 cm³/mol. The SMILES string of the molecule is CN1C(=O)[C@@H](N)Cc2cc3c(cc21)OCO3. The molecule has 0 saturated heterocycles. The molecule has 5 nitrogen and oxygen atoms in total. The summed E-state index contributed by atoms with van der Waals surface area (Å²) in [6.07, 6.45) is 0.551. The lowest BCUT2D eigenvalue weighted by molar-refractivity contribution is -0.119. The smallest absolute Gasteiger partial charge is 0.243 e. The summed E-state index contributed by atoms with van der Waals surface area (Å²) >= 11 is 0. The van der Waals surface area contributed by atoms with Gasteiger partial charge in [-0.15, -0.1) is 0 Å². The number of ether oxygens (including phenoxy) is 2. The Bertz CT molecular complexity index is 473. The Morgan fingerprint density at radius 1 is 1.38 bits per heavy atom. The van der Waals surface area contributed by atoms with E-state index in [9.17, 15) is 4.79 Å². The summed E-state index contributed by atoms with van der Waals surface area (Å²) in [6.45, 7) is 0.238. The fourth-order valence-corrected chi connectivity index (χ4v) is 2.14. The van der Waals surface area contributed by atoms with Crippen LogP contribution in [-0.4, -0.2) is 25.8 Å². The summed E-state index contributed by atoms with van der Waals surface area (Å²) in [5.74, 6) is 1.36. The summed E-state index contributed by atoms with van der Waals surface area (Å²) in [7, 11) is 1.72. The minimum atomic E-state index is -0.460. The van der Waals surface area contributed by atoms with Crippen molar-refractivity contribution in [3.8, 4) is 11.5 Å². The zero-order chi connectivity index (χ0) is 11.3. The topological polar surface area (TPSA) is 64.8 Å². The number of rotatable bonds is 0. The van der Waals surface area contributed by atoms with E-state index in [-0.39, 0.29) is 12.7 Å². The van der Waals surface area contributed by atoms with Gasteiger partial charge in [-0.2, -0.15) is 0 Å². The molecule has 1 aromatic carbocycles. The Morgan fingerprint density at radius 2 is 2.06 bits per heavy atom. The molecule has 0 bridgehead atoms. The van der Waals surface area contributed by atoms with Gasteiger partial charge in [-0.3, -0.25) is 4.79 Å². The molecule has 1 aromatic rings. The molecule has 0 aliphatic carbocycles. The summed E-state index contributed by atoms with van der Waals surface area (Å²) in [4.78, 5) is 13.3. The fraction of sp³-hybridized carbons (Fsp3) is 0.364. The summed E-state index contributed by atoms with van der Waals surface area (Å²) in [5.41, 5.74) is 7.65. The quantitative estimate of drug-likeness (QED) is 0.681. The second-order valence-corrected chi connectivity index (χ2v) is 4.04. The third kappa shape index (κ3) is 1.18. The summed E-state index contributed by atoms with van der Waals surface area (Å²) in [5, 5.41) is 0. The van der Waals surface area contributed by atoms with Crippen LogP contribution in [0.25, 0.3) is 0 Å². The zero-order valence-electron chi connectivity index (χ0n) is 8.90. The van der Waals surface area contributed by atoms with E-state index >= 15 is 0 Å². The summed E-state index contributed by atoms with van der Waals surface area (Å²) < 4.78 is 10.6. The normalized spacial score (nSPS) is 22.2. The van der Waals surface area contributed by atoms with Gasteiger partial charge in [-0.25, -0.2) is 0 Å². The number of fused-ring (bicyclic) bond motifs is 2. The van der Waals surface area contributed by atoms with Gasteiger partial charge in [-0.05, 0) is 18.1 Å². The molecule has 0 spiro atoms. The lowest BCUT2D eigenvalue weighted by Crippen LogP contribution is -2.46. The van der Waals surface area contributed by atoms with E-state index in [0.717, 1.165) is 17.0 Å². The third-order valence-corrected chi connectivity index (χ3v) is 3.02. The predicted octanol–water partition coefficient (Wildman–Crippen LogP) is 0.261. The first kappa shape index (κ1) is 9.47. The van der Waals surface area contributed by atoms with Crippen molar-refractivity contribution in [2.45, 2.75) is 12.5 Å². The number of amides is 1. The van der Waals surface area contributed by atoms with Crippen LogP contribution in [0, 0.1) is 0 Å². The first-order chi connectivity index (χ1) is 7.66. The second kappa shape index (κ2) is 3.12. The number of carbonyl (C=O) groups is 1. The van der Waals surface area contributed by atoms with E-state index in [1.807, 2.05) is 12.1 Å². The molecule has 0 saturated carbocycles. The van der Waals surface area contributed by atoms with Crippen LogP contribution >= 0.6 is 0 Å². The number of benzene rings is 1. The molecule has 1 amide bonds. The molecule has 2 aliphatic rings. The highest BCUT2D eigenvalue weighted by Gasteiger charge is 2.30. The number of nitrogens with two attached hydrogens (primary N) is 1. The van der Waals surface area contributed by atoms with Crippen molar-refractivity contribution in [3.05, 3.63) is 17.7 Å². The van der Waals surface area contributed by atoms with Crippen LogP contribution in [0.5, 0.6) is 11.5 Å². The number of hydrogen-bond acceptors (Lipinski definition) is 4. The van der Waals surface area contributed by atoms with Gasteiger partial charge in [0.05, 0.1) is 11.7 Å². The van der Waals surface area contributed by atoms with E-state index in [1.165, 1.54) is 0 Å². The molecule has 84 valence electrons. The first-order valence-electron chi connectivity index (χ1n) is 5.12. The van der Waals surface area contributed by atoms with Gasteiger partial charge in [0.2, 0.25) is 12.7 Å². The molecular formula is C11H12N2O3. The highest BCUT2D eigenvalue weighted by Crippen LogP contribution is 2.40. The van der Waals surface area contributed by atoms with Gasteiger partial charge in [0.15, 0.2) is 11.5 Å². The molecule has 1 atom stereocenters. The number of carbonyl (C=O) groups excluding carboxylic acids is 1. The van der Waals surface area contributed by atoms with Crippen molar-refractivity contribution in [1.29, 1.82) is 0 Å². The Kier molecular flexibility index (Phi) is 1.85. The number of anilines is 1. The molecule has 0 aromatic heterocycles. The molecule has 2 N–H and O–H groups in total. The zero-order valence-corrected chi connectivity index (χ0v) is 8.90. The van der Waals surface area contributed by atoms with Gasteiger partial charge in [-0.1, -0.05) is 0 Å². The standard InChI is InChI=1S/C11H12N2O3/c1-13-8-4-10-9(15-5-16-10)3-6(8)2-7(12)11(13)14/h3-4,7H,2,5,12H2,1H3/t7-/m0/s1. The van der Waals surface area contributed by atoms with Crippen LogP contribution in [0.3, 0.4) is 0 Å². The van der Waals surface area contributed by atoms with Crippen molar-refractivity contribution >= 4 is 11.6 Å². The van der Waals surface area contributed by atoms with E-state index < -0.39 is 6.04 Å². The lowest BCUT2D eigenvalue weighted by atomic mass is 9.97. The van der Waals surface area contributed by atoms with Crippen LogP contribution in [-0.2, 0) is 11.2 Å². The van der Waals surface area contributed by atoms with Crippen molar-refractivity contribution < 1.29 is 14.3 Å². The average molecular weight is 220 g/mol. The van der Waals surface area contributed by atoms with E-state index in [1.54, 1.807) is 11.9 Å². The molecule has 16 heavy (non-hydrogen) atoms. The van der Waals surface area contributed by atoms with Crippen molar-refractivity contribution in [2.75, 3.05) is 18.7 Å². The maximum atomic E-state index is 11.7. The van der Waals surface area contributed by atoms with Gasteiger partial charge in [0.1, 0.15) is 0 Å². The molecule has 3 rings (SSSR count). The monoisotopic (exact) mass is 220 g/mol. The maximum Gasteiger partial charge on any atom is 0.243 e. The molecular weight excluding hydrogens is 208 g/mol. The molecule has 2 aliphatic heterocycles. The van der Waals surface area contributed by atoms with Gasteiger partial charge in [0, 0.05) is 13.1 Å². The minimum Gasteiger partial charge on any atom is -0.454 e. The molecule has 5 heteroatoms. The van der Waals surface area contributed by atoms with Gasteiger partial charge in [0.25, 0.3) is 0 Å². The van der Waals surface area contributed by atoms with Gasteiger partial charge >= 0.3 is 0 Å². The Balaban J connectivity index is 2.13. The van der Waals surface area contributed by atoms with Crippen LogP contribution in [0.4, 0.5) is 5.69 Å². The van der Waals surface area contributed by atoms with Crippen LogP contribution in [0.1, 0.15) is 5.56 Å². The molecule has 0 radical (unpaired) electrons. The highest BCUT2D eigenvalue weighted by molar-refractivity contribution is 6.00. The second-order valence-electron chi connectivity index (χ2n) is 4.04. The third-order valence-electron chi connectivity index (χ3n) is 3.02. The Hall–Kier alpha value is -1.75. The lowest BCUT2D eigenvalue weighted by Gasteiger charge is -2.29. The molecule has 2 heterocycles. The first-order valence-corrected chi connectivity index (χ1v) is 5.12. The van der Waals surface area contributed by atoms with Gasteiger partial charge < -0.3 is 20.1 Å². The summed E-state index contributed by atoms with van der Waals surface area (Å²) in [6, 6.07) is 3.28. The van der Waals surface area contributed by atoms with Crippen LogP contribution < -0.4 is 20.1 Å². The Labute approximate surface area is 92.7 Å². The average Bonchev–Trinajstić information content (AvgIpc) is 2.71. The van der Waals surface area contributed by atoms with Crippen LogP contribution in [0.2, 0.25) is 0 Å². The largest absolute Gasteiger partial charge is 0.454 e. The van der Waals surface area contributed by atoms with Crippen molar-refractivity contribution in [3.63, 3.8) is 0 Å². The van der Waals surface area contributed by atoms with E-state index in [4.69, 9.17) is 15.2 Å². The number of nitrogens with zero attached hydrogens (tertiary/aromatic N) is 1. The van der Waals surface area contributed by atoms with Crippen molar-refractivity contribution in [1.82, 2.24) is 0 Å². The van der Waals surface area contributed by atoms with Crippen molar-refractivity contribution in [2.24, 2.45) is 5.73 Å². The maximum absolute atomic E-state index is 11.7.